The van der Waals surface area contributed by atoms with E-state index < -0.39 is 17.7 Å². The van der Waals surface area contributed by atoms with Gasteiger partial charge in [0.05, 0.1) is 31.1 Å². The first-order valence-electron chi connectivity index (χ1n) is 8.94. The highest BCUT2D eigenvalue weighted by Crippen LogP contribution is 2.32. The van der Waals surface area contributed by atoms with Crippen LogP contribution in [0.25, 0.3) is 22.6 Å². The number of aromatic amines is 1. The normalized spacial score (nSPS) is 11.4. The molecule has 0 saturated carbocycles. The van der Waals surface area contributed by atoms with Gasteiger partial charge in [-0.15, -0.1) is 0 Å². The Bertz CT molecular complexity index is 1070. The minimum atomic E-state index is -0.589. The number of rotatable bonds is 4. The van der Waals surface area contributed by atoms with Gasteiger partial charge in [-0.2, -0.15) is 0 Å². The highest BCUT2D eigenvalue weighted by atomic mass is 16.6. The first-order chi connectivity index (χ1) is 13.6. The maximum Gasteiger partial charge on any atom is 0.412 e. The van der Waals surface area contributed by atoms with E-state index in [9.17, 15) is 9.59 Å². The number of hydrogen-bond donors (Lipinski definition) is 2. The van der Waals surface area contributed by atoms with Crippen molar-refractivity contribution < 1.29 is 23.8 Å². The molecule has 0 aliphatic rings. The predicted octanol–water partition coefficient (Wildman–Crippen LogP) is 3.71. The monoisotopic (exact) mass is 400 g/mol. The third kappa shape index (κ3) is 4.18. The van der Waals surface area contributed by atoms with Gasteiger partial charge in [0.1, 0.15) is 16.7 Å². The number of ether oxygens (including phenoxy) is 3. The van der Waals surface area contributed by atoms with Gasteiger partial charge in [-0.1, -0.05) is 0 Å². The van der Waals surface area contributed by atoms with E-state index in [0.717, 1.165) is 5.69 Å². The van der Waals surface area contributed by atoms with Crippen LogP contribution in [0, 0.1) is 0 Å². The average Bonchev–Trinajstić information content (AvgIpc) is 3.21. The van der Waals surface area contributed by atoms with Gasteiger partial charge >= 0.3 is 12.1 Å². The van der Waals surface area contributed by atoms with Crippen molar-refractivity contribution in [3.05, 3.63) is 30.0 Å². The fourth-order valence-electron chi connectivity index (χ4n) is 2.94. The van der Waals surface area contributed by atoms with Crippen LogP contribution in [0.1, 0.15) is 31.1 Å². The molecule has 0 unspecified atom stereocenters. The molecule has 2 N–H and O–H groups in total. The average molecular weight is 400 g/mol. The molecule has 1 amide bonds. The van der Waals surface area contributed by atoms with E-state index in [1.807, 2.05) is 11.6 Å². The molecule has 2 heterocycles. The second-order valence-corrected chi connectivity index (χ2v) is 7.47. The van der Waals surface area contributed by atoms with E-state index in [2.05, 4.69) is 15.3 Å². The Kier molecular flexibility index (Phi) is 5.23. The topological polar surface area (TPSA) is 107 Å². The molecule has 1 aromatic carbocycles. The molecular weight excluding hydrogens is 376 g/mol. The summed E-state index contributed by atoms with van der Waals surface area (Å²) >= 11 is 0. The van der Waals surface area contributed by atoms with Crippen molar-refractivity contribution in [2.24, 2.45) is 7.05 Å². The van der Waals surface area contributed by atoms with E-state index >= 15 is 0 Å². The Morgan fingerprint density at radius 3 is 2.55 bits per heavy atom. The van der Waals surface area contributed by atoms with Crippen molar-refractivity contribution in [2.45, 2.75) is 26.4 Å². The van der Waals surface area contributed by atoms with Crippen LogP contribution in [0.3, 0.4) is 0 Å². The van der Waals surface area contributed by atoms with Gasteiger partial charge in [-0.05, 0) is 39.0 Å². The summed E-state index contributed by atoms with van der Waals surface area (Å²) in [5, 5.41) is 2.71. The zero-order valence-electron chi connectivity index (χ0n) is 17.2. The van der Waals surface area contributed by atoms with Gasteiger partial charge < -0.3 is 23.8 Å². The standard InChI is InChI=1S/C20H24N4O5/c1-20(2,3)29-19(26)21-11-9-14(24(4)10-11)17-22-13-8-7-12(18(25)28-6)16(27-5)15(13)23-17/h7-10H,1-6H3,(H,21,26)(H,22,23). The molecule has 0 radical (unpaired) electrons. The number of nitrogens with zero attached hydrogens (tertiary/aromatic N) is 2. The van der Waals surface area contributed by atoms with Crippen LogP contribution in [-0.2, 0) is 16.5 Å². The van der Waals surface area contributed by atoms with E-state index in [1.54, 1.807) is 45.2 Å². The number of amides is 1. The summed E-state index contributed by atoms with van der Waals surface area (Å²) in [4.78, 5) is 31.8. The molecule has 2 aromatic heterocycles. The van der Waals surface area contributed by atoms with Gasteiger partial charge in [-0.25, -0.2) is 14.6 Å². The molecule has 29 heavy (non-hydrogen) atoms. The van der Waals surface area contributed by atoms with Crippen molar-refractivity contribution >= 4 is 28.8 Å². The van der Waals surface area contributed by atoms with Crippen molar-refractivity contribution in [3.8, 4) is 17.3 Å². The van der Waals surface area contributed by atoms with Crippen LogP contribution < -0.4 is 10.1 Å². The van der Waals surface area contributed by atoms with Crippen molar-refractivity contribution in [1.82, 2.24) is 14.5 Å². The molecule has 0 saturated heterocycles. The molecule has 0 bridgehead atoms. The van der Waals surface area contributed by atoms with E-state index in [1.165, 1.54) is 14.2 Å². The maximum absolute atomic E-state index is 12.0. The van der Waals surface area contributed by atoms with E-state index in [0.29, 0.717) is 33.9 Å². The molecule has 0 aliphatic heterocycles. The number of benzene rings is 1. The number of hydrogen-bond acceptors (Lipinski definition) is 6. The van der Waals surface area contributed by atoms with Crippen LogP contribution in [0.4, 0.5) is 10.5 Å². The van der Waals surface area contributed by atoms with Crippen LogP contribution in [0.15, 0.2) is 24.4 Å². The Hall–Kier alpha value is -3.49. The third-order valence-electron chi connectivity index (χ3n) is 4.11. The Morgan fingerprint density at radius 2 is 1.93 bits per heavy atom. The number of carbonyl (C=O) groups excluding carboxylic acids is 2. The lowest BCUT2D eigenvalue weighted by Crippen LogP contribution is -2.27. The van der Waals surface area contributed by atoms with E-state index in [4.69, 9.17) is 14.2 Å². The zero-order chi connectivity index (χ0) is 21.3. The predicted molar refractivity (Wildman–Crippen MR) is 108 cm³/mol. The third-order valence-corrected chi connectivity index (χ3v) is 4.11. The molecule has 0 aliphatic carbocycles. The number of carbonyl (C=O) groups is 2. The van der Waals surface area contributed by atoms with Crippen molar-refractivity contribution in [3.63, 3.8) is 0 Å². The van der Waals surface area contributed by atoms with Crippen molar-refractivity contribution in [2.75, 3.05) is 19.5 Å². The number of nitrogens with one attached hydrogen (secondary N) is 2. The Morgan fingerprint density at radius 1 is 1.21 bits per heavy atom. The first-order valence-corrected chi connectivity index (χ1v) is 8.94. The van der Waals surface area contributed by atoms with Gasteiger partial charge in [0.2, 0.25) is 0 Å². The largest absolute Gasteiger partial charge is 0.493 e. The van der Waals surface area contributed by atoms with Crippen LogP contribution in [0.5, 0.6) is 5.75 Å². The first kappa shape index (κ1) is 20.2. The number of esters is 1. The number of H-pyrrole nitrogens is 1. The summed E-state index contributed by atoms with van der Waals surface area (Å²) in [5.74, 6) is 0.384. The smallest absolute Gasteiger partial charge is 0.412 e. The number of aryl methyl sites for hydroxylation is 1. The maximum atomic E-state index is 12.0. The summed E-state index contributed by atoms with van der Waals surface area (Å²) in [5.41, 5.74) is 2.21. The molecule has 3 aromatic rings. The minimum absolute atomic E-state index is 0.291. The van der Waals surface area contributed by atoms with Crippen LogP contribution in [-0.4, -0.2) is 46.4 Å². The molecule has 0 spiro atoms. The molecule has 3 rings (SSSR count). The number of aromatic nitrogens is 3. The number of imidazole rings is 1. The van der Waals surface area contributed by atoms with Crippen LogP contribution in [0.2, 0.25) is 0 Å². The fraction of sp³-hybridized carbons (Fsp3) is 0.350. The lowest BCUT2D eigenvalue weighted by Gasteiger charge is -2.19. The quantitative estimate of drug-likeness (QED) is 0.647. The van der Waals surface area contributed by atoms with Gasteiger partial charge in [0, 0.05) is 13.2 Å². The fourth-order valence-corrected chi connectivity index (χ4v) is 2.94. The molecule has 9 nitrogen and oxygen atoms in total. The summed E-state index contributed by atoms with van der Waals surface area (Å²) in [6.07, 6.45) is 1.22. The lowest BCUT2D eigenvalue weighted by atomic mass is 10.1. The number of anilines is 1. The summed E-state index contributed by atoms with van der Waals surface area (Å²) in [7, 11) is 4.62. The van der Waals surface area contributed by atoms with Crippen LogP contribution >= 0.6 is 0 Å². The second kappa shape index (κ2) is 7.50. The minimum Gasteiger partial charge on any atom is -0.493 e. The van der Waals surface area contributed by atoms with Gasteiger partial charge in [-0.3, -0.25) is 5.32 Å². The highest BCUT2D eigenvalue weighted by molar-refractivity contribution is 6.00. The number of fused-ring (bicyclic) bond motifs is 1. The summed E-state index contributed by atoms with van der Waals surface area (Å²) < 4.78 is 17.3. The second-order valence-electron chi connectivity index (χ2n) is 7.47. The Balaban J connectivity index is 1.96. The summed E-state index contributed by atoms with van der Waals surface area (Å²) in [6.45, 7) is 5.40. The highest BCUT2D eigenvalue weighted by Gasteiger charge is 2.21. The molecule has 154 valence electrons. The lowest BCUT2D eigenvalue weighted by molar-refractivity contribution is 0.0595. The zero-order valence-corrected chi connectivity index (χ0v) is 17.2. The van der Waals surface area contributed by atoms with Crippen molar-refractivity contribution in [1.29, 1.82) is 0 Å². The molecule has 0 fully saturated rings. The molecular formula is C20H24N4O5. The van der Waals surface area contributed by atoms with Gasteiger partial charge in [0.15, 0.2) is 11.6 Å². The Labute approximate surface area is 168 Å². The molecule has 0 atom stereocenters. The summed E-state index contributed by atoms with van der Waals surface area (Å²) in [6, 6.07) is 5.13. The molecule has 9 heteroatoms. The van der Waals surface area contributed by atoms with E-state index in [-0.39, 0.29) is 0 Å². The van der Waals surface area contributed by atoms with Gasteiger partial charge in [0.25, 0.3) is 0 Å². The number of methoxy groups -OCH3 is 2. The SMILES string of the molecule is COC(=O)c1ccc2[nH]c(-c3cc(NC(=O)OC(C)(C)C)cn3C)nc2c1OC.